The predicted octanol–water partition coefficient (Wildman–Crippen LogP) is 5.12. The van der Waals surface area contributed by atoms with Crippen LogP contribution in [0, 0.1) is 0 Å². The molecule has 0 saturated carbocycles. The molecule has 0 saturated heterocycles. The number of benzene rings is 2. The van der Waals surface area contributed by atoms with Crippen LogP contribution < -0.4 is 4.74 Å². The molecule has 0 amide bonds. The predicted molar refractivity (Wildman–Crippen MR) is 109 cm³/mol. The molecule has 1 atom stereocenters. The fourth-order valence-electron chi connectivity index (χ4n) is 3.50. The van der Waals surface area contributed by atoms with Crippen LogP contribution in [-0.4, -0.2) is 19.0 Å². The number of fused-ring (bicyclic) bond motifs is 1. The van der Waals surface area contributed by atoms with E-state index in [2.05, 4.69) is 53.7 Å². The number of rotatable bonds is 2. The summed E-state index contributed by atoms with van der Waals surface area (Å²) in [4.78, 5) is 24.5. The number of carbonyl (C=O) groups excluding carboxylic acids is 2. The van der Waals surface area contributed by atoms with E-state index in [0.29, 0.717) is 11.3 Å². The van der Waals surface area contributed by atoms with E-state index in [1.54, 1.807) is 24.3 Å². The van der Waals surface area contributed by atoms with Crippen molar-refractivity contribution in [2.45, 2.75) is 58.3 Å². The minimum atomic E-state index is -0.495. The molecule has 1 unspecified atom stereocenters. The molecule has 0 bridgehead atoms. The molecule has 0 radical (unpaired) electrons. The fraction of sp³-hybridized carbons (Fsp3) is 0.417. The third-order valence-electron chi connectivity index (χ3n) is 5.21. The van der Waals surface area contributed by atoms with Gasteiger partial charge >= 0.3 is 11.9 Å². The van der Waals surface area contributed by atoms with Gasteiger partial charge in [0.25, 0.3) is 0 Å². The van der Waals surface area contributed by atoms with Crippen LogP contribution in [0.25, 0.3) is 0 Å². The Labute approximate surface area is 166 Å². The van der Waals surface area contributed by atoms with Gasteiger partial charge in [0.05, 0.1) is 12.7 Å². The van der Waals surface area contributed by atoms with E-state index in [1.807, 2.05) is 0 Å². The number of esters is 2. The molecular weight excluding hydrogens is 352 g/mol. The van der Waals surface area contributed by atoms with E-state index in [0.717, 1.165) is 16.7 Å². The van der Waals surface area contributed by atoms with Crippen LogP contribution in [0.2, 0.25) is 0 Å². The minimum Gasteiger partial charge on any atom is -0.465 e. The minimum absolute atomic E-state index is 0.0556. The van der Waals surface area contributed by atoms with Gasteiger partial charge in [0.1, 0.15) is 11.7 Å². The maximum absolute atomic E-state index is 12.8. The highest BCUT2D eigenvalue weighted by atomic mass is 16.5. The number of methoxy groups -OCH3 is 1. The maximum atomic E-state index is 12.8. The zero-order chi connectivity index (χ0) is 20.9. The Hall–Kier alpha value is -2.62. The SMILES string of the molecule is COC(=O)c1ccc(C2C(=O)Oc3c2cc(C(C)(C)C)cc3C(C)(C)C)cc1. The summed E-state index contributed by atoms with van der Waals surface area (Å²) >= 11 is 0. The number of hydrogen-bond donors (Lipinski definition) is 0. The largest absolute Gasteiger partial charge is 0.465 e. The van der Waals surface area contributed by atoms with Crippen molar-refractivity contribution in [3.8, 4) is 5.75 Å². The highest BCUT2D eigenvalue weighted by Crippen LogP contribution is 2.47. The van der Waals surface area contributed by atoms with Gasteiger partial charge in [-0.15, -0.1) is 0 Å². The van der Waals surface area contributed by atoms with E-state index in [1.165, 1.54) is 12.7 Å². The fourth-order valence-corrected chi connectivity index (χ4v) is 3.50. The smallest absolute Gasteiger partial charge is 0.337 e. The topological polar surface area (TPSA) is 52.6 Å². The van der Waals surface area contributed by atoms with E-state index in [9.17, 15) is 9.59 Å². The van der Waals surface area contributed by atoms with Gasteiger partial charge in [0.2, 0.25) is 0 Å². The maximum Gasteiger partial charge on any atom is 0.337 e. The van der Waals surface area contributed by atoms with Crippen LogP contribution in [-0.2, 0) is 20.4 Å². The third kappa shape index (κ3) is 3.56. The molecule has 1 aliphatic rings. The van der Waals surface area contributed by atoms with Gasteiger partial charge in [0.15, 0.2) is 0 Å². The molecule has 28 heavy (non-hydrogen) atoms. The van der Waals surface area contributed by atoms with E-state index in [-0.39, 0.29) is 16.8 Å². The first-order valence-electron chi connectivity index (χ1n) is 9.52. The summed E-state index contributed by atoms with van der Waals surface area (Å²) < 4.78 is 10.5. The van der Waals surface area contributed by atoms with Gasteiger partial charge < -0.3 is 9.47 Å². The van der Waals surface area contributed by atoms with Gasteiger partial charge in [-0.25, -0.2) is 4.79 Å². The molecule has 4 heteroatoms. The van der Waals surface area contributed by atoms with Crippen molar-refractivity contribution in [3.05, 3.63) is 64.2 Å². The Morgan fingerprint density at radius 2 is 1.57 bits per heavy atom. The molecule has 0 aliphatic carbocycles. The highest BCUT2D eigenvalue weighted by Gasteiger charge is 2.39. The third-order valence-corrected chi connectivity index (χ3v) is 5.21. The zero-order valence-electron chi connectivity index (χ0n) is 17.7. The van der Waals surface area contributed by atoms with Gasteiger partial charge in [-0.2, -0.15) is 0 Å². The van der Waals surface area contributed by atoms with Crippen molar-refractivity contribution in [1.82, 2.24) is 0 Å². The van der Waals surface area contributed by atoms with Crippen LogP contribution in [0.3, 0.4) is 0 Å². The lowest BCUT2D eigenvalue weighted by Crippen LogP contribution is -2.17. The molecule has 0 spiro atoms. The second-order valence-corrected chi connectivity index (χ2v) is 9.41. The Bertz CT molecular complexity index is 925. The highest BCUT2D eigenvalue weighted by molar-refractivity contribution is 5.92. The molecule has 0 fully saturated rings. The van der Waals surface area contributed by atoms with Gasteiger partial charge in [-0.05, 0) is 34.1 Å². The molecule has 0 N–H and O–H groups in total. The molecule has 0 aromatic heterocycles. The summed E-state index contributed by atoms with van der Waals surface area (Å²) in [5, 5.41) is 0. The van der Waals surface area contributed by atoms with E-state index in [4.69, 9.17) is 9.47 Å². The quantitative estimate of drug-likeness (QED) is 0.536. The van der Waals surface area contributed by atoms with Crippen molar-refractivity contribution in [2.75, 3.05) is 7.11 Å². The first kappa shape index (κ1) is 20.1. The van der Waals surface area contributed by atoms with Crippen LogP contribution in [0.4, 0.5) is 0 Å². The lowest BCUT2D eigenvalue weighted by atomic mass is 9.77. The molecule has 2 aromatic rings. The molecule has 148 valence electrons. The average molecular weight is 380 g/mol. The van der Waals surface area contributed by atoms with E-state index < -0.39 is 11.9 Å². The molecule has 1 heterocycles. The first-order valence-corrected chi connectivity index (χ1v) is 9.52. The molecule has 3 rings (SSSR count). The van der Waals surface area contributed by atoms with Crippen LogP contribution >= 0.6 is 0 Å². The lowest BCUT2D eigenvalue weighted by molar-refractivity contribution is -0.133. The molecular formula is C24H28O4. The molecule has 1 aliphatic heterocycles. The Morgan fingerprint density at radius 3 is 2.07 bits per heavy atom. The summed E-state index contributed by atoms with van der Waals surface area (Å²) in [6.07, 6.45) is 0. The Kier molecular flexibility index (Phi) is 4.86. The van der Waals surface area contributed by atoms with Crippen molar-refractivity contribution in [1.29, 1.82) is 0 Å². The van der Waals surface area contributed by atoms with Crippen molar-refractivity contribution in [3.63, 3.8) is 0 Å². The van der Waals surface area contributed by atoms with Crippen molar-refractivity contribution < 1.29 is 19.1 Å². The van der Waals surface area contributed by atoms with E-state index >= 15 is 0 Å². The summed E-state index contributed by atoms with van der Waals surface area (Å²) in [6.45, 7) is 12.9. The monoisotopic (exact) mass is 380 g/mol. The lowest BCUT2D eigenvalue weighted by Gasteiger charge is -2.27. The second-order valence-electron chi connectivity index (χ2n) is 9.41. The van der Waals surface area contributed by atoms with Crippen LogP contribution in [0.15, 0.2) is 36.4 Å². The first-order chi connectivity index (χ1) is 12.9. The second kappa shape index (κ2) is 6.77. The Balaban J connectivity index is 2.16. The summed E-state index contributed by atoms with van der Waals surface area (Å²) in [5.41, 5.74) is 4.16. The van der Waals surface area contributed by atoms with Crippen molar-refractivity contribution in [2.24, 2.45) is 0 Å². The van der Waals surface area contributed by atoms with Crippen LogP contribution in [0.5, 0.6) is 5.75 Å². The van der Waals surface area contributed by atoms with Gasteiger partial charge in [-0.3, -0.25) is 4.79 Å². The van der Waals surface area contributed by atoms with Crippen molar-refractivity contribution >= 4 is 11.9 Å². The normalized spacial score (nSPS) is 16.5. The Morgan fingerprint density at radius 1 is 0.964 bits per heavy atom. The number of carbonyl (C=O) groups is 2. The summed E-state index contributed by atoms with van der Waals surface area (Å²) in [5.74, 6) is -0.499. The molecule has 2 aromatic carbocycles. The number of ether oxygens (including phenoxy) is 2. The summed E-state index contributed by atoms with van der Waals surface area (Å²) in [6, 6.07) is 11.2. The van der Waals surface area contributed by atoms with Gasteiger partial charge in [-0.1, -0.05) is 65.8 Å². The average Bonchev–Trinajstić information content (AvgIpc) is 2.94. The zero-order valence-corrected chi connectivity index (χ0v) is 17.7. The summed E-state index contributed by atoms with van der Waals surface area (Å²) in [7, 11) is 1.35. The molecule has 4 nitrogen and oxygen atoms in total. The van der Waals surface area contributed by atoms with Crippen LogP contribution in [0.1, 0.15) is 80.1 Å². The standard InChI is InChI=1S/C24H28O4/c1-23(2,3)16-12-17-19(14-8-10-15(11-9-14)21(25)27-7)22(26)28-20(17)18(13-16)24(4,5)6/h8-13,19H,1-7H3. The van der Waals surface area contributed by atoms with Gasteiger partial charge in [0, 0.05) is 11.1 Å². The number of hydrogen-bond acceptors (Lipinski definition) is 4.